The van der Waals surface area contributed by atoms with Gasteiger partial charge in [0.2, 0.25) is 11.8 Å². The van der Waals surface area contributed by atoms with Gasteiger partial charge in [-0.15, -0.1) is 0 Å². The number of nitrogens with zero attached hydrogens (tertiary/aromatic N) is 3. The van der Waals surface area contributed by atoms with Crippen LogP contribution in [0.2, 0.25) is 0 Å². The molecule has 3 N–H and O–H groups in total. The maximum atomic E-state index is 14.2. The summed E-state index contributed by atoms with van der Waals surface area (Å²) >= 11 is 0. The minimum Gasteiger partial charge on any atom is -0.473 e. The second-order valence-electron chi connectivity index (χ2n) is 8.45. The zero-order valence-electron chi connectivity index (χ0n) is 17.8. The highest BCUT2D eigenvalue weighted by Crippen LogP contribution is 2.30. The monoisotopic (exact) mass is 445 g/mol. The Morgan fingerprint density at radius 1 is 1.38 bits per heavy atom. The molecular weight excluding hydrogens is 417 g/mol. The molecule has 1 saturated heterocycles. The van der Waals surface area contributed by atoms with E-state index in [0.717, 1.165) is 12.8 Å². The number of aromatic nitrogens is 3. The van der Waals surface area contributed by atoms with Gasteiger partial charge in [-0.2, -0.15) is 0 Å². The van der Waals surface area contributed by atoms with Gasteiger partial charge in [0.25, 0.3) is 5.91 Å². The van der Waals surface area contributed by atoms with Crippen molar-refractivity contribution < 1.29 is 23.8 Å². The van der Waals surface area contributed by atoms with E-state index in [0.29, 0.717) is 49.9 Å². The molecule has 9 nitrogen and oxygen atoms in total. The van der Waals surface area contributed by atoms with E-state index < -0.39 is 17.7 Å². The lowest BCUT2D eigenvalue weighted by Gasteiger charge is -2.35. The molecule has 1 aliphatic carbocycles. The number of piperidine rings is 1. The number of nitrogens with one attached hydrogen (secondary N) is 2. The molecule has 0 unspecified atom stereocenters. The Bertz CT molecular complexity index is 1000. The Balaban J connectivity index is 1.41. The number of hydrogen-bond acceptors (Lipinski definition) is 6. The first kappa shape index (κ1) is 22.2. The van der Waals surface area contributed by atoms with Crippen molar-refractivity contribution in [2.75, 3.05) is 19.6 Å². The molecule has 0 radical (unpaired) electrons. The van der Waals surface area contributed by atoms with E-state index in [-0.39, 0.29) is 30.0 Å². The van der Waals surface area contributed by atoms with E-state index in [9.17, 15) is 19.1 Å². The molecule has 1 aliphatic heterocycles. The third-order valence-corrected chi connectivity index (χ3v) is 6.27. The van der Waals surface area contributed by atoms with Gasteiger partial charge in [0.15, 0.2) is 5.65 Å². The summed E-state index contributed by atoms with van der Waals surface area (Å²) in [7, 11) is 0. The molecule has 10 heteroatoms. The van der Waals surface area contributed by atoms with Crippen LogP contribution < -0.4 is 10.1 Å². The maximum Gasteiger partial charge on any atom is 0.255 e. The lowest BCUT2D eigenvalue weighted by atomic mass is 9.83. The number of aromatic amines is 1. The molecule has 2 atom stereocenters. The van der Waals surface area contributed by atoms with E-state index in [1.807, 2.05) is 0 Å². The van der Waals surface area contributed by atoms with Crippen LogP contribution in [0.3, 0.4) is 0 Å². The van der Waals surface area contributed by atoms with Crippen molar-refractivity contribution in [3.63, 3.8) is 0 Å². The predicted octanol–water partition coefficient (Wildman–Crippen LogP) is 1.89. The number of H-pyrrole nitrogens is 1. The summed E-state index contributed by atoms with van der Waals surface area (Å²) in [6.07, 6.45) is 6.20. The highest BCUT2D eigenvalue weighted by molar-refractivity contribution is 6.04. The summed E-state index contributed by atoms with van der Waals surface area (Å²) in [6, 6.07) is 0. The molecule has 0 bridgehead atoms. The number of likely N-dealkylation sites (tertiary alicyclic amines) is 1. The number of carbonyl (C=O) groups excluding carboxylic acids is 2. The van der Waals surface area contributed by atoms with Crippen LogP contribution >= 0.6 is 0 Å². The third-order valence-electron chi connectivity index (χ3n) is 6.27. The number of hydrogen-bond donors (Lipinski definition) is 3. The topological polar surface area (TPSA) is 120 Å². The molecule has 0 aromatic carbocycles. The smallest absolute Gasteiger partial charge is 0.255 e. The quantitative estimate of drug-likeness (QED) is 0.584. The summed E-state index contributed by atoms with van der Waals surface area (Å²) in [6.45, 7) is 4.49. The molecule has 3 heterocycles. The zero-order valence-corrected chi connectivity index (χ0v) is 17.8. The molecule has 0 spiro atoms. The number of alkyl halides is 1. The summed E-state index contributed by atoms with van der Waals surface area (Å²) < 4.78 is 20.1. The number of amides is 2. The second kappa shape index (κ2) is 9.23. The fourth-order valence-electron chi connectivity index (χ4n) is 4.31. The van der Waals surface area contributed by atoms with E-state index in [4.69, 9.17) is 4.74 Å². The van der Waals surface area contributed by atoms with E-state index in [2.05, 4.69) is 26.8 Å². The molecule has 2 amide bonds. The van der Waals surface area contributed by atoms with Crippen LogP contribution in [0.25, 0.3) is 11.2 Å². The molecular formula is C22H28FN5O4. The molecule has 2 fully saturated rings. The largest absolute Gasteiger partial charge is 0.473 e. The molecule has 32 heavy (non-hydrogen) atoms. The fraction of sp³-hybridized carbons (Fsp3) is 0.545. The number of carbonyl (C=O) groups is 2. The molecule has 4 rings (SSSR count). The van der Waals surface area contributed by atoms with Gasteiger partial charge < -0.3 is 25.0 Å². The van der Waals surface area contributed by atoms with Crippen LogP contribution in [0.4, 0.5) is 4.39 Å². The average Bonchev–Trinajstić information content (AvgIpc) is 3.23. The van der Waals surface area contributed by atoms with Gasteiger partial charge in [0.1, 0.15) is 23.4 Å². The number of fused-ring (bicyclic) bond motifs is 1. The first-order valence-corrected chi connectivity index (χ1v) is 11.0. The van der Waals surface area contributed by atoms with Crippen LogP contribution in [0.1, 0.15) is 48.9 Å². The number of rotatable bonds is 6. The lowest BCUT2D eigenvalue weighted by Crippen LogP contribution is -2.51. The van der Waals surface area contributed by atoms with Gasteiger partial charge in [-0.1, -0.05) is 19.4 Å². The average molecular weight is 445 g/mol. The minimum absolute atomic E-state index is 0.0930. The summed E-state index contributed by atoms with van der Waals surface area (Å²) in [5.41, 5.74) is -0.526. The second-order valence-corrected chi connectivity index (χ2v) is 8.45. The molecule has 172 valence electrons. The van der Waals surface area contributed by atoms with Crippen molar-refractivity contribution in [1.29, 1.82) is 0 Å². The fourth-order valence-corrected chi connectivity index (χ4v) is 4.31. The Labute approximate surface area is 185 Å². The first-order chi connectivity index (χ1) is 15.4. The van der Waals surface area contributed by atoms with Crippen molar-refractivity contribution >= 4 is 23.0 Å². The third kappa shape index (κ3) is 4.59. The molecule has 1 saturated carbocycles. The Hall–Kier alpha value is -3.01. The first-order valence-electron chi connectivity index (χ1n) is 11.0. The summed E-state index contributed by atoms with van der Waals surface area (Å²) in [5, 5.41) is 13.2. The van der Waals surface area contributed by atoms with E-state index in [1.54, 1.807) is 4.90 Å². The van der Waals surface area contributed by atoms with E-state index >= 15 is 0 Å². The van der Waals surface area contributed by atoms with Crippen molar-refractivity contribution in [2.24, 2.45) is 0 Å². The highest BCUT2D eigenvalue weighted by atomic mass is 19.1. The molecule has 2 aromatic heterocycles. The molecule has 2 aliphatic rings. The number of aliphatic hydroxyl groups is 1. The number of halogens is 1. The van der Waals surface area contributed by atoms with Crippen molar-refractivity contribution in [3.05, 3.63) is 30.6 Å². The maximum absolute atomic E-state index is 14.2. The normalized spacial score (nSPS) is 24.3. The summed E-state index contributed by atoms with van der Waals surface area (Å²) in [4.78, 5) is 37.8. The van der Waals surface area contributed by atoms with Crippen molar-refractivity contribution in [3.8, 4) is 5.88 Å². The lowest BCUT2D eigenvalue weighted by molar-refractivity contribution is -0.127. The standard InChI is InChI=1S/C22H28FN5O4/c1-2-18(29)28-9-6-14(7-10-28)32-17-12-25-20-19(27-17)15(11-24-20)21(30)26-13-22(31)8-4-3-5-16(22)23/h2,11-12,14,16,31H,1,3-10,13H2,(H,24,25)(H,26,30)/t16-,22+/m1/s1. The minimum atomic E-state index is -1.54. The molecule has 2 aromatic rings. The Morgan fingerprint density at radius 3 is 2.88 bits per heavy atom. The van der Waals surface area contributed by atoms with Crippen molar-refractivity contribution in [1.82, 2.24) is 25.2 Å². The van der Waals surface area contributed by atoms with Gasteiger partial charge in [-0.05, 0) is 18.9 Å². The van der Waals surface area contributed by atoms with Crippen LogP contribution in [0, 0.1) is 0 Å². The van der Waals surface area contributed by atoms with Crippen LogP contribution in [0.15, 0.2) is 25.0 Å². The van der Waals surface area contributed by atoms with E-state index in [1.165, 1.54) is 18.5 Å². The van der Waals surface area contributed by atoms with Gasteiger partial charge in [0, 0.05) is 38.7 Å². The SMILES string of the molecule is C=CC(=O)N1CCC(Oc2cnc3[nH]cc(C(=O)NC[C@@]4(O)CCCC[C@H]4F)c3n2)CC1. The Morgan fingerprint density at radius 2 is 2.16 bits per heavy atom. The van der Waals surface area contributed by atoms with Gasteiger partial charge in [-0.3, -0.25) is 9.59 Å². The van der Waals surface area contributed by atoms with Gasteiger partial charge in [0.05, 0.1) is 11.8 Å². The van der Waals surface area contributed by atoms with Crippen LogP contribution in [0.5, 0.6) is 5.88 Å². The van der Waals surface area contributed by atoms with Gasteiger partial charge in [-0.25, -0.2) is 14.4 Å². The predicted molar refractivity (Wildman–Crippen MR) is 115 cm³/mol. The zero-order chi connectivity index (χ0) is 22.7. The Kier molecular flexibility index (Phi) is 6.40. The highest BCUT2D eigenvalue weighted by Gasteiger charge is 2.39. The van der Waals surface area contributed by atoms with Gasteiger partial charge >= 0.3 is 0 Å². The summed E-state index contributed by atoms with van der Waals surface area (Å²) in [5.74, 6) is -0.274. The van der Waals surface area contributed by atoms with Crippen molar-refractivity contribution in [2.45, 2.75) is 56.4 Å². The number of ether oxygens (including phenoxy) is 1. The van der Waals surface area contributed by atoms with Crippen LogP contribution in [-0.2, 0) is 4.79 Å². The van der Waals surface area contributed by atoms with Crippen LogP contribution in [-0.4, -0.2) is 74.3 Å².